The number of fused-ring (bicyclic) bond motifs is 1. The number of likely N-dealkylation sites (tertiary alicyclic amines) is 1. The molecular weight excluding hydrogens is 375 g/mol. The molecule has 3 aromatic rings. The summed E-state index contributed by atoms with van der Waals surface area (Å²) in [4.78, 5) is 35.3. The first-order chi connectivity index (χ1) is 13.3. The minimum absolute atomic E-state index is 0.00664. The van der Waals surface area contributed by atoms with E-state index in [0.717, 1.165) is 29.5 Å². The topological polar surface area (TPSA) is 73.0 Å². The maximum absolute atomic E-state index is 13.0. The van der Waals surface area contributed by atoms with Crippen LogP contribution < -0.4 is 5.69 Å². The zero-order valence-electron chi connectivity index (χ0n) is 14.9. The average Bonchev–Trinajstić information content (AvgIpc) is 3.29. The lowest BCUT2D eigenvalue weighted by Crippen LogP contribution is -2.38. The van der Waals surface area contributed by atoms with E-state index >= 15 is 0 Å². The van der Waals surface area contributed by atoms with Gasteiger partial charge in [-0.1, -0.05) is 12.1 Å². The van der Waals surface area contributed by atoms with E-state index in [2.05, 4.69) is 9.97 Å². The number of alkyl halides is 3. The number of hydrogen-bond donors (Lipinski definition) is 0. The summed E-state index contributed by atoms with van der Waals surface area (Å²) in [6, 6.07) is 4.12. The largest absolute Gasteiger partial charge is 0.416 e. The number of imidazole rings is 1. The molecule has 0 bridgehead atoms. The Hall–Kier alpha value is -3.17. The summed E-state index contributed by atoms with van der Waals surface area (Å²) in [6.07, 6.45) is -1.45. The Balaban J connectivity index is 1.86. The van der Waals surface area contributed by atoms with Crippen molar-refractivity contribution in [2.75, 3.05) is 13.1 Å². The van der Waals surface area contributed by atoms with Crippen molar-refractivity contribution in [3.63, 3.8) is 0 Å². The second kappa shape index (κ2) is 6.47. The molecule has 4 rings (SSSR count). The minimum Gasteiger partial charge on any atom is -0.324 e. The number of carbonyl (C=O) groups is 1. The molecule has 1 aromatic carbocycles. The van der Waals surface area contributed by atoms with Crippen molar-refractivity contribution in [3.05, 3.63) is 46.5 Å². The highest BCUT2D eigenvalue weighted by Gasteiger charge is 2.31. The Morgan fingerprint density at radius 2 is 1.89 bits per heavy atom. The summed E-state index contributed by atoms with van der Waals surface area (Å²) < 4.78 is 41.2. The predicted molar refractivity (Wildman–Crippen MR) is 94.8 cm³/mol. The molecule has 0 radical (unpaired) electrons. The van der Waals surface area contributed by atoms with E-state index in [1.807, 2.05) is 0 Å². The van der Waals surface area contributed by atoms with Crippen LogP contribution >= 0.6 is 0 Å². The third-order valence-electron chi connectivity index (χ3n) is 4.82. The molecule has 0 unspecified atom stereocenters. The zero-order chi connectivity index (χ0) is 20.1. The van der Waals surface area contributed by atoms with Crippen LogP contribution in [0.5, 0.6) is 0 Å². The summed E-state index contributed by atoms with van der Waals surface area (Å²) in [7, 11) is 1.49. The van der Waals surface area contributed by atoms with Gasteiger partial charge in [0.05, 0.1) is 11.8 Å². The molecule has 1 fully saturated rings. The number of nitrogens with zero attached hydrogens (tertiary/aromatic N) is 5. The molecule has 1 aliphatic rings. The van der Waals surface area contributed by atoms with Crippen LogP contribution in [0.15, 0.2) is 35.3 Å². The van der Waals surface area contributed by atoms with Gasteiger partial charge < -0.3 is 4.90 Å². The normalized spacial score (nSPS) is 14.8. The fraction of sp³-hybridized carbons (Fsp3) is 0.333. The highest BCUT2D eigenvalue weighted by molar-refractivity contribution is 5.87. The molecule has 0 atom stereocenters. The number of hydrogen-bond acceptors (Lipinski definition) is 4. The number of carbonyl (C=O) groups excluding carboxylic acids is 1. The Labute approximate surface area is 157 Å². The van der Waals surface area contributed by atoms with Crippen LogP contribution in [0, 0.1) is 0 Å². The summed E-state index contributed by atoms with van der Waals surface area (Å²) in [5, 5.41) is 0. The molecule has 2 aromatic heterocycles. The Morgan fingerprint density at radius 3 is 2.57 bits per heavy atom. The van der Waals surface area contributed by atoms with E-state index in [1.54, 1.807) is 4.90 Å². The van der Waals surface area contributed by atoms with E-state index in [0.29, 0.717) is 18.6 Å². The standard InChI is InChI=1S/C18H16F3N5O2/c1-24-13-10-22-14(11-5-4-6-12(9-11)18(19,20)21)23-15(13)26(16(24)27)17(28)25-7-2-3-8-25/h4-6,9-10H,2-3,7-8H2,1H3. The number of rotatable bonds is 1. The van der Waals surface area contributed by atoms with Crippen LogP contribution in [0.3, 0.4) is 0 Å². The van der Waals surface area contributed by atoms with Crippen LogP contribution in [0.25, 0.3) is 22.6 Å². The number of aromatic nitrogens is 4. The van der Waals surface area contributed by atoms with Gasteiger partial charge >= 0.3 is 17.9 Å². The maximum Gasteiger partial charge on any atom is 0.416 e. The van der Waals surface area contributed by atoms with E-state index in [-0.39, 0.29) is 17.0 Å². The second-order valence-corrected chi connectivity index (χ2v) is 6.63. The molecule has 10 heteroatoms. The maximum atomic E-state index is 13.0. The number of halogens is 3. The van der Waals surface area contributed by atoms with Gasteiger partial charge in [-0.3, -0.25) is 4.57 Å². The molecule has 1 amide bonds. The number of amides is 1. The van der Waals surface area contributed by atoms with Crippen LogP contribution in [-0.4, -0.2) is 43.1 Å². The summed E-state index contributed by atoms with van der Waals surface area (Å²) in [6.45, 7) is 1.10. The third-order valence-corrected chi connectivity index (χ3v) is 4.82. The minimum atomic E-state index is -4.50. The molecule has 0 N–H and O–H groups in total. The molecule has 146 valence electrons. The van der Waals surface area contributed by atoms with Crippen LogP contribution in [0.4, 0.5) is 18.0 Å². The monoisotopic (exact) mass is 391 g/mol. The number of aryl methyl sites for hydroxylation is 1. The van der Waals surface area contributed by atoms with Crippen molar-refractivity contribution in [1.82, 2.24) is 24.0 Å². The van der Waals surface area contributed by atoms with Gasteiger partial charge in [-0.15, -0.1) is 0 Å². The molecule has 0 aliphatic carbocycles. The van der Waals surface area contributed by atoms with Gasteiger partial charge in [-0.2, -0.15) is 17.7 Å². The lowest BCUT2D eigenvalue weighted by molar-refractivity contribution is -0.137. The van der Waals surface area contributed by atoms with E-state index in [9.17, 15) is 22.8 Å². The lowest BCUT2D eigenvalue weighted by atomic mass is 10.1. The van der Waals surface area contributed by atoms with Crippen LogP contribution in [-0.2, 0) is 13.2 Å². The fourth-order valence-electron chi connectivity index (χ4n) is 3.31. The third kappa shape index (κ3) is 2.94. The SMILES string of the molecule is Cn1c(=O)n(C(=O)N2CCCC2)c2nc(-c3cccc(C(F)(F)F)c3)ncc21. The van der Waals surface area contributed by atoms with Crippen molar-refractivity contribution in [2.24, 2.45) is 7.05 Å². The van der Waals surface area contributed by atoms with E-state index in [4.69, 9.17) is 0 Å². The van der Waals surface area contributed by atoms with Crippen molar-refractivity contribution in [1.29, 1.82) is 0 Å². The second-order valence-electron chi connectivity index (χ2n) is 6.63. The molecule has 1 aliphatic heterocycles. The first-order valence-electron chi connectivity index (χ1n) is 8.69. The van der Waals surface area contributed by atoms with E-state index < -0.39 is 23.5 Å². The van der Waals surface area contributed by atoms with Crippen molar-refractivity contribution in [3.8, 4) is 11.4 Å². The first-order valence-corrected chi connectivity index (χ1v) is 8.69. The van der Waals surface area contributed by atoms with Gasteiger partial charge in [0.1, 0.15) is 5.52 Å². The zero-order valence-corrected chi connectivity index (χ0v) is 14.9. The van der Waals surface area contributed by atoms with Gasteiger partial charge in [0, 0.05) is 25.7 Å². The predicted octanol–water partition coefficient (Wildman–Crippen LogP) is 2.88. The van der Waals surface area contributed by atoms with Crippen molar-refractivity contribution >= 4 is 17.2 Å². The average molecular weight is 391 g/mol. The summed E-state index contributed by atoms with van der Waals surface area (Å²) >= 11 is 0. The Bertz CT molecular complexity index is 1130. The Kier molecular flexibility index (Phi) is 4.20. The lowest BCUT2D eigenvalue weighted by Gasteiger charge is -2.14. The number of benzene rings is 1. The molecule has 0 saturated carbocycles. The highest BCUT2D eigenvalue weighted by atomic mass is 19.4. The molecular formula is C18H16F3N5O2. The van der Waals surface area contributed by atoms with Gasteiger partial charge in [-0.05, 0) is 25.0 Å². The van der Waals surface area contributed by atoms with Crippen LogP contribution in [0.2, 0.25) is 0 Å². The molecule has 28 heavy (non-hydrogen) atoms. The van der Waals surface area contributed by atoms with Gasteiger partial charge in [0.15, 0.2) is 11.5 Å². The van der Waals surface area contributed by atoms with Gasteiger partial charge in [0.25, 0.3) is 0 Å². The molecule has 1 saturated heterocycles. The Morgan fingerprint density at radius 1 is 1.18 bits per heavy atom. The molecule has 7 nitrogen and oxygen atoms in total. The summed E-state index contributed by atoms with van der Waals surface area (Å²) in [5.41, 5.74) is -0.844. The summed E-state index contributed by atoms with van der Waals surface area (Å²) in [5.74, 6) is 0.00664. The van der Waals surface area contributed by atoms with Gasteiger partial charge in [-0.25, -0.2) is 19.6 Å². The van der Waals surface area contributed by atoms with Crippen molar-refractivity contribution < 1.29 is 18.0 Å². The molecule has 0 spiro atoms. The highest BCUT2D eigenvalue weighted by Crippen LogP contribution is 2.31. The molecule has 3 heterocycles. The fourth-order valence-corrected chi connectivity index (χ4v) is 3.31. The van der Waals surface area contributed by atoms with E-state index in [1.165, 1.54) is 29.9 Å². The first kappa shape index (κ1) is 18.2. The van der Waals surface area contributed by atoms with Crippen LogP contribution in [0.1, 0.15) is 18.4 Å². The smallest absolute Gasteiger partial charge is 0.324 e. The quantitative estimate of drug-likeness (QED) is 0.640. The van der Waals surface area contributed by atoms with Gasteiger partial charge in [0.2, 0.25) is 0 Å². The van der Waals surface area contributed by atoms with Crippen molar-refractivity contribution in [2.45, 2.75) is 19.0 Å².